The van der Waals surface area contributed by atoms with Crippen LogP contribution in [0.3, 0.4) is 0 Å². The summed E-state index contributed by atoms with van der Waals surface area (Å²) < 4.78 is 31.4. The number of anilines is 1. The number of rotatable bonds is 1. The van der Waals surface area contributed by atoms with Gasteiger partial charge in [-0.25, -0.2) is 13.6 Å². The Labute approximate surface area is 101 Å². The molecule has 1 aromatic carbocycles. The lowest BCUT2D eigenvalue weighted by Gasteiger charge is -2.32. The predicted octanol–water partition coefficient (Wildman–Crippen LogP) is 2.34. The zero-order valence-corrected chi connectivity index (χ0v) is 9.30. The van der Waals surface area contributed by atoms with Gasteiger partial charge in [0.1, 0.15) is 6.04 Å². The summed E-state index contributed by atoms with van der Waals surface area (Å²) in [5.74, 6) is -3.23. The third kappa shape index (κ3) is 2.26. The summed E-state index contributed by atoms with van der Waals surface area (Å²) in [7, 11) is 0. The molecule has 1 fully saturated rings. The van der Waals surface area contributed by atoms with Crippen molar-refractivity contribution in [3.05, 3.63) is 28.8 Å². The highest BCUT2D eigenvalue weighted by Gasteiger charge is 2.47. The number of ether oxygens (including phenoxy) is 1. The van der Waals surface area contributed by atoms with Crippen molar-refractivity contribution in [2.75, 3.05) is 12.3 Å². The number of alkyl halides is 2. The maximum atomic E-state index is 13.6. The Morgan fingerprint density at radius 3 is 2.94 bits per heavy atom. The Morgan fingerprint density at radius 1 is 1.53 bits per heavy atom. The highest BCUT2D eigenvalue weighted by Crippen LogP contribution is 2.37. The van der Waals surface area contributed by atoms with Crippen LogP contribution in [0, 0.1) is 0 Å². The summed E-state index contributed by atoms with van der Waals surface area (Å²) in [6.07, 6.45) is -0.902. The third-order valence-electron chi connectivity index (χ3n) is 2.44. The Hall–Kier alpha value is -1.56. The smallest absolute Gasteiger partial charge is 0.408 e. The van der Waals surface area contributed by atoms with Crippen LogP contribution in [0.4, 0.5) is 19.3 Å². The minimum atomic E-state index is -3.23. The van der Waals surface area contributed by atoms with Gasteiger partial charge in [-0.15, -0.1) is 0 Å². The molecule has 1 atom stereocenters. The zero-order chi connectivity index (χ0) is 12.6. The molecule has 0 radical (unpaired) electrons. The number of nitrogen functional groups attached to an aromatic ring is 1. The van der Waals surface area contributed by atoms with E-state index in [0.29, 0.717) is 0 Å². The molecule has 1 aromatic rings. The first-order valence-corrected chi connectivity index (χ1v) is 5.14. The van der Waals surface area contributed by atoms with Crippen molar-refractivity contribution in [3.63, 3.8) is 0 Å². The van der Waals surface area contributed by atoms with Gasteiger partial charge in [0.25, 0.3) is 0 Å². The van der Waals surface area contributed by atoms with Crippen LogP contribution in [0.1, 0.15) is 11.6 Å². The molecule has 3 N–H and O–H groups in total. The van der Waals surface area contributed by atoms with Crippen LogP contribution < -0.4 is 11.1 Å². The molecule has 1 amide bonds. The number of nitrogens with two attached hydrogens (primary N) is 1. The average Bonchev–Trinajstić information content (AvgIpc) is 2.26. The van der Waals surface area contributed by atoms with Crippen LogP contribution in [-0.2, 0) is 4.74 Å². The molecule has 2 rings (SSSR count). The highest BCUT2D eigenvalue weighted by atomic mass is 35.5. The number of benzene rings is 1. The maximum absolute atomic E-state index is 13.6. The van der Waals surface area contributed by atoms with Crippen LogP contribution in [-0.4, -0.2) is 18.6 Å². The monoisotopic (exact) mass is 262 g/mol. The fraction of sp³-hybridized carbons (Fsp3) is 0.300. The maximum Gasteiger partial charge on any atom is 0.408 e. The van der Waals surface area contributed by atoms with Gasteiger partial charge in [0, 0.05) is 16.3 Å². The summed E-state index contributed by atoms with van der Waals surface area (Å²) in [6, 6.07) is 2.68. The Balaban J connectivity index is 2.42. The SMILES string of the molecule is Nc1ccc(Cl)cc1[C@H]1NC(=O)OCC1(F)F. The number of hydrogen-bond acceptors (Lipinski definition) is 3. The fourth-order valence-electron chi connectivity index (χ4n) is 1.61. The highest BCUT2D eigenvalue weighted by molar-refractivity contribution is 6.30. The molecule has 0 aromatic heterocycles. The molecule has 92 valence electrons. The molecular weight excluding hydrogens is 254 g/mol. The topological polar surface area (TPSA) is 64.3 Å². The predicted molar refractivity (Wildman–Crippen MR) is 58.0 cm³/mol. The van der Waals surface area contributed by atoms with Crippen molar-refractivity contribution in [3.8, 4) is 0 Å². The summed E-state index contributed by atoms with van der Waals surface area (Å²) in [4.78, 5) is 11.0. The van der Waals surface area contributed by atoms with Gasteiger partial charge in [0.15, 0.2) is 6.61 Å². The minimum absolute atomic E-state index is 0.0825. The fourth-order valence-corrected chi connectivity index (χ4v) is 1.79. The summed E-state index contributed by atoms with van der Waals surface area (Å²) >= 11 is 5.72. The second-order valence-electron chi connectivity index (χ2n) is 3.69. The van der Waals surface area contributed by atoms with Crippen molar-refractivity contribution in [2.45, 2.75) is 12.0 Å². The van der Waals surface area contributed by atoms with Gasteiger partial charge in [0.05, 0.1) is 0 Å². The van der Waals surface area contributed by atoms with Crippen LogP contribution in [0.15, 0.2) is 18.2 Å². The number of cyclic esters (lactones) is 1. The third-order valence-corrected chi connectivity index (χ3v) is 2.68. The van der Waals surface area contributed by atoms with E-state index in [1.54, 1.807) is 0 Å². The Bertz CT molecular complexity index is 468. The summed E-state index contributed by atoms with van der Waals surface area (Å²) in [6.45, 7) is -0.977. The van der Waals surface area contributed by atoms with Gasteiger partial charge in [-0.3, -0.25) is 0 Å². The van der Waals surface area contributed by atoms with Crippen molar-refractivity contribution < 1.29 is 18.3 Å². The molecular formula is C10H9ClF2N2O2. The van der Waals surface area contributed by atoms with E-state index in [9.17, 15) is 13.6 Å². The van der Waals surface area contributed by atoms with Gasteiger partial charge in [-0.2, -0.15) is 0 Å². The number of carbonyl (C=O) groups is 1. The molecule has 17 heavy (non-hydrogen) atoms. The molecule has 0 bridgehead atoms. The number of alkyl carbamates (subject to hydrolysis) is 1. The number of hydrogen-bond donors (Lipinski definition) is 2. The molecule has 0 saturated carbocycles. The van der Waals surface area contributed by atoms with Gasteiger partial charge in [0.2, 0.25) is 0 Å². The zero-order valence-electron chi connectivity index (χ0n) is 8.54. The normalized spacial score (nSPS) is 22.8. The van der Waals surface area contributed by atoms with E-state index in [1.165, 1.54) is 18.2 Å². The van der Waals surface area contributed by atoms with Crippen LogP contribution in [0.25, 0.3) is 0 Å². The van der Waals surface area contributed by atoms with Crippen LogP contribution in [0.5, 0.6) is 0 Å². The summed E-state index contributed by atoms with van der Waals surface area (Å²) in [5.41, 5.74) is 5.83. The van der Waals surface area contributed by atoms with Gasteiger partial charge >= 0.3 is 12.0 Å². The van der Waals surface area contributed by atoms with E-state index < -0.39 is 24.7 Å². The molecule has 1 heterocycles. The number of nitrogens with one attached hydrogen (secondary N) is 1. The first-order chi connectivity index (χ1) is 7.90. The average molecular weight is 263 g/mol. The summed E-state index contributed by atoms with van der Waals surface area (Å²) in [5, 5.41) is 2.31. The van der Waals surface area contributed by atoms with Gasteiger partial charge in [-0.05, 0) is 18.2 Å². The standard InChI is InChI=1S/C10H9ClF2N2O2/c11-5-1-2-7(14)6(3-5)8-10(12,13)4-17-9(16)15-8/h1-3,8H,4,14H2,(H,15,16)/t8-/m1/s1. The molecule has 1 saturated heterocycles. The van der Waals surface area contributed by atoms with Crippen LogP contribution in [0.2, 0.25) is 5.02 Å². The van der Waals surface area contributed by atoms with Crippen molar-refractivity contribution in [1.82, 2.24) is 5.32 Å². The minimum Gasteiger partial charge on any atom is -0.443 e. The van der Waals surface area contributed by atoms with Crippen molar-refractivity contribution in [1.29, 1.82) is 0 Å². The number of amides is 1. The second kappa shape index (κ2) is 4.03. The quantitative estimate of drug-likeness (QED) is 0.764. The van der Waals surface area contributed by atoms with E-state index in [-0.39, 0.29) is 16.3 Å². The molecule has 0 spiro atoms. The molecule has 1 aliphatic rings. The largest absolute Gasteiger partial charge is 0.443 e. The molecule has 1 aliphatic heterocycles. The lowest BCUT2D eigenvalue weighted by Crippen LogP contribution is -2.49. The van der Waals surface area contributed by atoms with E-state index in [4.69, 9.17) is 17.3 Å². The molecule has 0 aliphatic carbocycles. The molecule has 7 heteroatoms. The second-order valence-corrected chi connectivity index (χ2v) is 4.12. The van der Waals surface area contributed by atoms with Crippen LogP contribution >= 0.6 is 11.6 Å². The van der Waals surface area contributed by atoms with Crippen molar-refractivity contribution >= 4 is 23.4 Å². The lowest BCUT2D eigenvalue weighted by molar-refractivity contribution is -0.104. The first-order valence-electron chi connectivity index (χ1n) is 4.76. The van der Waals surface area contributed by atoms with E-state index >= 15 is 0 Å². The van der Waals surface area contributed by atoms with Gasteiger partial charge < -0.3 is 15.8 Å². The van der Waals surface area contributed by atoms with Crippen molar-refractivity contribution in [2.24, 2.45) is 0 Å². The number of halogens is 3. The Morgan fingerprint density at radius 2 is 2.24 bits per heavy atom. The van der Waals surface area contributed by atoms with Gasteiger partial charge in [-0.1, -0.05) is 11.6 Å². The molecule has 0 unspecified atom stereocenters. The number of carbonyl (C=O) groups excluding carboxylic acids is 1. The van der Waals surface area contributed by atoms with E-state index in [2.05, 4.69) is 4.74 Å². The lowest BCUT2D eigenvalue weighted by atomic mass is 9.98. The van der Waals surface area contributed by atoms with E-state index in [0.717, 1.165) is 0 Å². The Kier molecular flexibility index (Phi) is 2.82. The molecule has 4 nitrogen and oxygen atoms in total. The first kappa shape index (κ1) is 11.9. The van der Waals surface area contributed by atoms with E-state index in [1.807, 2.05) is 5.32 Å².